The molecule has 0 saturated carbocycles. The van der Waals surface area contributed by atoms with Gasteiger partial charge in [-0.3, -0.25) is 10.2 Å². The van der Waals surface area contributed by atoms with Crippen molar-refractivity contribution in [1.29, 1.82) is 5.41 Å². The van der Waals surface area contributed by atoms with E-state index in [1.165, 1.54) is 12.1 Å². The number of hydrogen-bond donors (Lipinski definition) is 3. The molecule has 5 N–H and O–H groups in total. The molecule has 0 radical (unpaired) electrons. The van der Waals surface area contributed by atoms with Crippen LogP contribution in [0.2, 0.25) is 0 Å². The van der Waals surface area contributed by atoms with Gasteiger partial charge in [0.15, 0.2) is 0 Å². The van der Waals surface area contributed by atoms with Crippen LogP contribution in [0.4, 0.5) is 10.1 Å². The summed E-state index contributed by atoms with van der Waals surface area (Å²) in [4.78, 5) is 11.9. The molecule has 2 aromatic rings. The standard InChI is InChI=1S/C12H12FN5O/c1-6-3-2-4-7(13)11(6)18-9(19)5-8(14)10(17-18)12(15)16/h2-5H,14H2,1H3,(H3,15,16). The Morgan fingerprint density at radius 3 is 2.74 bits per heavy atom. The molecule has 0 aliphatic rings. The monoisotopic (exact) mass is 261 g/mol. The van der Waals surface area contributed by atoms with E-state index in [1.54, 1.807) is 13.0 Å². The van der Waals surface area contributed by atoms with E-state index in [4.69, 9.17) is 16.9 Å². The SMILES string of the molecule is Cc1cccc(F)c1-n1nc(C(=N)N)c(N)cc1=O. The number of nitrogens with two attached hydrogens (primary N) is 2. The molecule has 0 unspecified atom stereocenters. The number of nitrogens with zero attached hydrogens (tertiary/aromatic N) is 2. The number of nitrogens with one attached hydrogen (secondary N) is 1. The second kappa shape index (κ2) is 4.52. The predicted octanol–water partition coefficient (Wildman–Crippen LogP) is 0.546. The van der Waals surface area contributed by atoms with E-state index in [1.807, 2.05) is 0 Å². The number of halogens is 1. The molecule has 0 aliphatic heterocycles. The molecule has 0 atom stereocenters. The summed E-state index contributed by atoms with van der Waals surface area (Å²) in [5.41, 5.74) is 10.8. The third-order valence-electron chi connectivity index (χ3n) is 2.62. The molecule has 19 heavy (non-hydrogen) atoms. The highest BCUT2D eigenvalue weighted by atomic mass is 19.1. The molecule has 0 saturated heterocycles. The summed E-state index contributed by atoms with van der Waals surface area (Å²) < 4.78 is 14.7. The zero-order chi connectivity index (χ0) is 14.2. The number of nitrogen functional groups attached to an aromatic ring is 2. The molecule has 1 aromatic carbocycles. The van der Waals surface area contributed by atoms with Crippen LogP contribution in [0.25, 0.3) is 5.69 Å². The second-order valence-electron chi connectivity index (χ2n) is 4.02. The van der Waals surface area contributed by atoms with E-state index in [9.17, 15) is 9.18 Å². The molecule has 0 amide bonds. The molecule has 6 nitrogen and oxygen atoms in total. The van der Waals surface area contributed by atoms with E-state index >= 15 is 0 Å². The number of para-hydroxylation sites is 1. The van der Waals surface area contributed by atoms with Crippen LogP contribution >= 0.6 is 0 Å². The number of benzene rings is 1. The zero-order valence-corrected chi connectivity index (χ0v) is 10.1. The lowest BCUT2D eigenvalue weighted by molar-refractivity contribution is 0.603. The molecule has 98 valence electrons. The summed E-state index contributed by atoms with van der Waals surface area (Å²) >= 11 is 0. The van der Waals surface area contributed by atoms with Gasteiger partial charge in [-0.25, -0.2) is 4.39 Å². The quantitative estimate of drug-likeness (QED) is 0.541. The number of rotatable bonds is 2. The number of amidine groups is 1. The highest BCUT2D eigenvalue weighted by Crippen LogP contribution is 2.16. The lowest BCUT2D eigenvalue weighted by Crippen LogP contribution is -2.28. The van der Waals surface area contributed by atoms with Gasteiger partial charge in [-0.05, 0) is 18.6 Å². The van der Waals surface area contributed by atoms with Gasteiger partial charge in [-0.15, -0.1) is 0 Å². The molecule has 0 bridgehead atoms. The third kappa shape index (κ3) is 2.17. The lowest BCUT2D eigenvalue weighted by atomic mass is 10.2. The smallest absolute Gasteiger partial charge is 0.273 e. The average Bonchev–Trinajstić information content (AvgIpc) is 2.30. The summed E-state index contributed by atoms with van der Waals surface area (Å²) in [5.74, 6) is -0.978. The van der Waals surface area contributed by atoms with E-state index in [2.05, 4.69) is 5.10 Å². The van der Waals surface area contributed by atoms with Crippen molar-refractivity contribution in [2.75, 3.05) is 5.73 Å². The Bertz CT molecular complexity index is 702. The van der Waals surface area contributed by atoms with E-state index in [0.717, 1.165) is 10.7 Å². The Hall–Kier alpha value is -2.70. The molecule has 7 heteroatoms. The van der Waals surface area contributed by atoms with E-state index in [-0.39, 0.29) is 22.9 Å². The fourth-order valence-corrected chi connectivity index (χ4v) is 1.73. The summed E-state index contributed by atoms with van der Waals surface area (Å²) in [5, 5.41) is 11.2. The van der Waals surface area contributed by atoms with Crippen molar-refractivity contribution in [1.82, 2.24) is 9.78 Å². The molecule has 0 fully saturated rings. The highest BCUT2D eigenvalue weighted by molar-refractivity contribution is 5.97. The first-order valence-corrected chi connectivity index (χ1v) is 5.41. The first kappa shape index (κ1) is 12.7. The minimum atomic E-state index is -0.589. The van der Waals surface area contributed by atoms with Crippen molar-refractivity contribution >= 4 is 11.5 Å². The maximum Gasteiger partial charge on any atom is 0.273 e. The Kier molecular flexibility index (Phi) is 3.04. The fourth-order valence-electron chi connectivity index (χ4n) is 1.73. The van der Waals surface area contributed by atoms with Gasteiger partial charge < -0.3 is 11.5 Å². The summed E-state index contributed by atoms with van der Waals surface area (Å²) in [6.45, 7) is 1.65. The van der Waals surface area contributed by atoms with Gasteiger partial charge in [0.1, 0.15) is 23.0 Å². The fraction of sp³-hybridized carbons (Fsp3) is 0.0833. The lowest BCUT2D eigenvalue weighted by Gasteiger charge is -2.11. The molecular formula is C12H12FN5O. The first-order valence-electron chi connectivity index (χ1n) is 5.41. The number of aromatic nitrogens is 2. The van der Waals surface area contributed by atoms with Crippen molar-refractivity contribution in [3.05, 3.63) is 51.7 Å². The zero-order valence-electron chi connectivity index (χ0n) is 10.1. The Morgan fingerprint density at radius 1 is 1.47 bits per heavy atom. The van der Waals surface area contributed by atoms with Crippen LogP contribution in [0.5, 0.6) is 0 Å². The topological polar surface area (TPSA) is 111 Å². The van der Waals surface area contributed by atoms with Crippen LogP contribution < -0.4 is 17.0 Å². The first-order chi connectivity index (χ1) is 8.91. The summed E-state index contributed by atoms with van der Waals surface area (Å²) in [7, 11) is 0. The van der Waals surface area contributed by atoms with Crippen molar-refractivity contribution in [3.8, 4) is 5.69 Å². The molecule has 0 aliphatic carbocycles. The predicted molar refractivity (Wildman–Crippen MR) is 70.0 cm³/mol. The van der Waals surface area contributed by atoms with Crippen LogP contribution in [0.3, 0.4) is 0 Å². The molecule has 0 spiro atoms. The van der Waals surface area contributed by atoms with Gasteiger partial charge in [0.05, 0.1) is 5.69 Å². The van der Waals surface area contributed by atoms with E-state index < -0.39 is 11.4 Å². The Morgan fingerprint density at radius 2 is 2.16 bits per heavy atom. The molecule has 1 aromatic heterocycles. The number of anilines is 1. The maximum atomic E-state index is 13.8. The Balaban J connectivity index is 2.80. The average molecular weight is 261 g/mol. The molecular weight excluding hydrogens is 249 g/mol. The minimum absolute atomic E-state index is 0.0113. The Labute approximate surface area is 108 Å². The van der Waals surface area contributed by atoms with Crippen LogP contribution in [0.1, 0.15) is 11.3 Å². The van der Waals surface area contributed by atoms with Crippen LogP contribution in [-0.2, 0) is 0 Å². The second-order valence-corrected chi connectivity index (χ2v) is 4.02. The van der Waals surface area contributed by atoms with Crippen LogP contribution in [-0.4, -0.2) is 15.6 Å². The molecule has 2 rings (SSSR count). The molecule has 1 heterocycles. The van der Waals surface area contributed by atoms with Crippen molar-refractivity contribution < 1.29 is 4.39 Å². The highest BCUT2D eigenvalue weighted by Gasteiger charge is 2.14. The minimum Gasteiger partial charge on any atom is -0.397 e. The largest absolute Gasteiger partial charge is 0.397 e. The van der Waals surface area contributed by atoms with Crippen LogP contribution in [0, 0.1) is 18.2 Å². The number of aryl methyl sites for hydroxylation is 1. The van der Waals surface area contributed by atoms with Crippen molar-refractivity contribution in [3.63, 3.8) is 0 Å². The number of hydrogen-bond acceptors (Lipinski definition) is 4. The summed E-state index contributed by atoms with van der Waals surface area (Å²) in [6, 6.07) is 5.47. The maximum absolute atomic E-state index is 13.8. The summed E-state index contributed by atoms with van der Waals surface area (Å²) in [6.07, 6.45) is 0. The van der Waals surface area contributed by atoms with Crippen molar-refractivity contribution in [2.24, 2.45) is 5.73 Å². The van der Waals surface area contributed by atoms with Gasteiger partial charge in [-0.1, -0.05) is 12.1 Å². The van der Waals surface area contributed by atoms with Gasteiger partial charge in [0, 0.05) is 6.07 Å². The third-order valence-corrected chi connectivity index (χ3v) is 2.62. The van der Waals surface area contributed by atoms with Gasteiger partial charge in [-0.2, -0.15) is 9.78 Å². The van der Waals surface area contributed by atoms with Gasteiger partial charge in [0.25, 0.3) is 5.56 Å². The van der Waals surface area contributed by atoms with Crippen molar-refractivity contribution in [2.45, 2.75) is 6.92 Å². The van der Waals surface area contributed by atoms with Gasteiger partial charge >= 0.3 is 0 Å². The van der Waals surface area contributed by atoms with Gasteiger partial charge in [0.2, 0.25) is 0 Å². The van der Waals surface area contributed by atoms with Crippen LogP contribution in [0.15, 0.2) is 29.1 Å². The van der Waals surface area contributed by atoms with E-state index in [0.29, 0.717) is 5.56 Å². The normalized spacial score (nSPS) is 10.4.